The van der Waals surface area contributed by atoms with Gasteiger partial charge >= 0.3 is 0 Å². The molecule has 0 saturated carbocycles. The third kappa shape index (κ3) is 3.44. The topological polar surface area (TPSA) is 45.2 Å². The summed E-state index contributed by atoms with van der Waals surface area (Å²) in [5, 5.41) is 12.1. The molecule has 0 aliphatic heterocycles. The summed E-state index contributed by atoms with van der Waals surface area (Å²) in [6, 6.07) is 2.35. The molecular formula is C11H18N2O. The highest BCUT2D eigenvalue weighted by Crippen LogP contribution is 2.04. The van der Waals surface area contributed by atoms with E-state index in [2.05, 4.69) is 24.1 Å². The zero-order valence-corrected chi connectivity index (χ0v) is 8.83. The zero-order chi connectivity index (χ0) is 10.4. The van der Waals surface area contributed by atoms with Crippen LogP contribution in [0.2, 0.25) is 0 Å². The van der Waals surface area contributed by atoms with E-state index >= 15 is 0 Å². The number of aromatic nitrogens is 1. The van der Waals surface area contributed by atoms with Crippen molar-refractivity contribution in [3.05, 3.63) is 29.6 Å². The van der Waals surface area contributed by atoms with Gasteiger partial charge in [-0.25, -0.2) is 0 Å². The smallest absolute Gasteiger partial charge is 0.0445 e. The van der Waals surface area contributed by atoms with E-state index in [1.807, 2.05) is 12.3 Å². The van der Waals surface area contributed by atoms with Crippen LogP contribution in [0.5, 0.6) is 0 Å². The van der Waals surface area contributed by atoms with Crippen LogP contribution in [0.3, 0.4) is 0 Å². The summed E-state index contributed by atoms with van der Waals surface area (Å²) < 4.78 is 0. The predicted octanol–water partition coefficient (Wildman–Crippen LogP) is 1.25. The number of aliphatic hydroxyl groups is 1. The van der Waals surface area contributed by atoms with Crippen molar-refractivity contribution in [2.24, 2.45) is 0 Å². The average molecular weight is 194 g/mol. The van der Waals surface area contributed by atoms with Crippen LogP contribution in [0.4, 0.5) is 0 Å². The second-order valence-electron chi connectivity index (χ2n) is 3.60. The first-order valence-corrected chi connectivity index (χ1v) is 4.97. The number of pyridine rings is 1. The van der Waals surface area contributed by atoms with Crippen LogP contribution in [0.15, 0.2) is 18.5 Å². The number of nitrogens with one attached hydrogen (secondary N) is 1. The van der Waals surface area contributed by atoms with Crippen molar-refractivity contribution in [3.8, 4) is 0 Å². The molecule has 1 aromatic rings. The molecule has 0 radical (unpaired) electrons. The van der Waals surface area contributed by atoms with Gasteiger partial charge in [0.25, 0.3) is 0 Å². The molecule has 14 heavy (non-hydrogen) atoms. The molecule has 0 bridgehead atoms. The molecule has 0 spiro atoms. The minimum absolute atomic E-state index is 0.236. The lowest BCUT2D eigenvalue weighted by Gasteiger charge is -2.13. The van der Waals surface area contributed by atoms with Crippen LogP contribution in [-0.2, 0) is 6.54 Å². The Bertz CT molecular complexity index is 276. The van der Waals surface area contributed by atoms with E-state index in [9.17, 15) is 0 Å². The molecule has 0 aliphatic carbocycles. The van der Waals surface area contributed by atoms with Crippen LogP contribution in [0.25, 0.3) is 0 Å². The van der Waals surface area contributed by atoms with E-state index in [1.54, 1.807) is 6.20 Å². The van der Waals surface area contributed by atoms with Gasteiger partial charge in [-0.1, -0.05) is 0 Å². The Kier molecular flexibility index (Phi) is 4.56. The van der Waals surface area contributed by atoms with Gasteiger partial charge in [0.05, 0.1) is 0 Å². The van der Waals surface area contributed by atoms with Crippen LogP contribution in [-0.4, -0.2) is 22.7 Å². The SMILES string of the molecule is Cc1ccncc1CNC(C)CCO. The molecule has 1 aromatic heterocycles. The first-order chi connectivity index (χ1) is 6.74. The molecule has 1 rings (SSSR count). The molecule has 2 N–H and O–H groups in total. The maximum atomic E-state index is 8.74. The Morgan fingerprint density at radius 3 is 3.00 bits per heavy atom. The normalized spacial score (nSPS) is 12.8. The van der Waals surface area contributed by atoms with E-state index in [0.717, 1.165) is 13.0 Å². The Balaban J connectivity index is 2.41. The van der Waals surface area contributed by atoms with E-state index < -0.39 is 0 Å². The van der Waals surface area contributed by atoms with Crippen LogP contribution < -0.4 is 5.32 Å². The minimum Gasteiger partial charge on any atom is -0.396 e. The van der Waals surface area contributed by atoms with E-state index in [-0.39, 0.29) is 6.61 Å². The lowest BCUT2D eigenvalue weighted by atomic mass is 10.1. The highest BCUT2D eigenvalue weighted by atomic mass is 16.3. The largest absolute Gasteiger partial charge is 0.396 e. The van der Waals surface area contributed by atoms with Gasteiger partial charge in [-0.2, -0.15) is 0 Å². The first-order valence-electron chi connectivity index (χ1n) is 4.97. The molecule has 3 heteroatoms. The Labute approximate surface area is 85.2 Å². The summed E-state index contributed by atoms with van der Waals surface area (Å²) in [6.07, 6.45) is 4.48. The fourth-order valence-electron chi connectivity index (χ4n) is 1.26. The summed E-state index contributed by atoms with van der Waals surface area (Å²) in [4.78, 5) is 4.08. The van der Waals surface area contributed by atoms with Gasteiger partial charge in [0.1, 0.15) is 0 Å². The second kappa shape index (κ2) is 5.73. The van der Waals surface area contributed by atoms with Crippen molar-refractivity contribution in [1.82, 2.24) is 10.3 Å². The Morgan fingerprint density at radius 2 is 2.36 bits per heavy atom. The van der Waals surface area contributed by atoms with Gasteiger partial charge in [-0.3, -0.25) is 4.98 Å². The lowest BCUT2D eigenvalue weighted by Crippen LogP contribution is -2.26. The van der Waals surface area contributed by atoms with Crippen molar-refractivity contribution < 1.29 is 5.11 Å². The Morgan fingerprint density at radius 1 is 1.57 bits per heavy atom. The lowest BCUT2D eigenvalue weighted by molar-refractivity contribution is 0.268. The summed E-state index contributed by atoms with van der Waals surface area (Å²) in [7, 11) is 0. The van der Waals surface area contributed by atoms with Crippen molar-refractivity contribution in [2.75, 3.05) is 6.61 Å². The number of aryl methyl sites for hydroxylation is 1. The molecule has 78 valence electrons. The molecule has 0 saturated heterocycles. The van der Waals surface area contributed by atoms with Gasteiger partial charge in [0.15, 0.2) is 0 Å². The van der Waals surface area contributed by atoms with Crippen LogP contribution >= 0.6 is 0 Å². The van der Waals surface area contributed by atoms with Crippen LogP contribution in [0, 0.1) is 6.92 Å². The second-order valence-corrected chi connectivity index (χ2v) is 3.60. The molecule has 1 unspecified atom stereocenters. The molecule has 1 atom stereocenters. The molecular weight excluding hydrogens is 176 g/mol. The summed E-state index contributed by atoms with van der Waals surface area (Å²) in [5.41, 5.74) is 2.47. The van der Waals surface area contributed by atoms with Crippen molar-refractivity contribution in [2.45, 2.75) is 32.9 Å². The minimum atomic E-state index is 0.236. The monoisotopic (exact) mass is 194 g/mol. The molecule has 3 nitrogen and oxygen atoms in total. The third-order valence-electron chi connectivity index (χ3n) is 2.35. The van der Waals surface area contributed by atoms with Crippen molar-refractivity contribution in [1.29, 1.82) is 0 Å². The van der Waals surface area contributed by atoms with Crippen LogP contribution in [0.1, 0.15) is 24.5 Å². The number of aliphatic hydroxyl groups excluding tert-OH is 1. The fourth-order valence-corrected chi connectivity index (χ4v) is 1.26. The standard InChI is InChI=1S/C11H18N2O/c1-9-3-5-12-7-11(9)8-13-10(2)4-6-14/h3,5,7,10,13-14H,4,6,8H2,1-2H3. The van der Waals surface area contributed by atoms with Crippen molar-refractivity contribution in [3.63, 3.8) is 0 Å². The summed E-state index contributed by atoms with van der Waals surface area (Å²) >= 11 is 0. The quantitative estimate of drug-likeness (QED) is 0.741. The van der Waals surface area contributed by atoms with Gasteiger partial charge in [0.2, 0.25) is 0 Å². The Hall–Kier alpha value is -0.930. The van der Waals surface area contributed by atoms with Gasteiger partial charge in [0, 0.05) is 31.6 Å². The number of hydrogen-bond donors (Lipinski definition) is 2. The van der Waals surface area contributed by atoms with Crippen molar-refractivity contribution >= 4 is 0 Å². The zero-order valence-electron chi connectivity index (χ0n) is 8.83. The highest BCUT2D eigenvalue weighted by Gasteiger charge is 2.01. The number of hydrogen-bond acceptors (Lipinski definition) is 3. The van der Waals surface area contributed by atoms with E-state index in [4.69, 9.17) is 5.11 Å². The predicted molar refractivity (Wildman–Crippen MR) is 57.0 cm³/mol. The fraction of sp³-hybridized carbons (Fsp3) is 0.545. The molecule has 0 aliphatic rings. The first kappa shape index (κ1) is 11.1. The maximum Gasteiger partial charge on any atom is 0.0445 e. The average Bonchev–Trinajstić information content (AvgIpc) is 2.17. The summed E-state index contributed by atoms with van der Waals surface area (Å²) in [6.45, 7) is 5.21. The third-order valence-corrected chi connectivity index (χ3v) is 2.35. The number of nitrogens with zero attached hydrogens (tertiary/aromatic N) is 1. The summed E-state index contributed by atoms with van der Waals surface area (Å²) in [5.74, 6) is 0. The number of rotatable bonds is 5. The van der Waals surface area contributed by atoms with Gasteiger partial charge in [-0.15, -0.1) is 0 Å². The van der Waals surface area contributed by atoms with E-state index in [1.165, 1.54) is 11.1 Å². The van der Waals surface area contributed by atoms with Gasteiger partial charge < -0.3 is 10.4 Å². The van der Waals surface area contributed by atoms with Gasteiger partial charge in [-0.05, 0) is 37.5 Å². The molecule has 0 aromatic carbocycles. The molecule has 1 heterocycles. The molecule has 0 fully saturated rings. The molecule has 0 amide bonds. The van der Waals surface area contributed by atoms with E-state index in [0.29, 0.717) is 6.04 Å². The maximum absolute atomic E-state index is 8.74. The highest BCUT2D eigenvalue weighted by molar-refractivity contribution is 5.21.